The minimum atomic E-state index is -1.49. The van der Waals surface area contributed by atoms with E-state index < -0.39 is 16.8 Å². The molecular weight excluding hydrogens is 545 g/mol. The number of carbonyl (C=O) groups is 1. The SMILES string of the molecule is O=C(OC1CCC1)[C@]12Cc3cnn(-c4ccc(F)cc4)c3C=C1CCN([S+]([O-])c1ccc(N3CCOCC3)nc1)C2. The van der Waals surface area contributed by atoms with Crippen molar-refractivity contribution >= 4 is 29.2 Å². The van der Waals surface area contributed by atoms with Crippen molar-refractivity contribution in [3.8, 4) is 5.69 Å². The van der Waals surface area contributed by atoms with E-state index in [9.17, 15) is 13.7 Å². The van der Waals surface area contributed by atoms with Crippen LogP contribution in [0.4, 0.5) is 10.2 Å². The van der Waals surface area contributed by atoms with E-state index in [1.54, 1.807) is 29.2 Å². The molecule has 0 amide bonds. The van der Waals surface area contributed by atoms with Gasteiger partial charge in [0.05, 0.1) is 54.9 Å². The standard InChI is InChI=1S/C30H32FN5O4S/c31-23-4-6-24(7-5-23)36-27-16-22-10-11-35(41(38)26-8-9-28(32-19-26)34-12-14-39-15-13-34)20-30(22,17-21(27)18-33-36)29(37)40-25-2-1-3-25/h4-9,16,18-19,25H,1-3,10-15,17,20H2/t30-,41?/m0/s1. The van der Waals surface area contributed by atoms with E-state index in [-0.39, 0.29) is 24.4 Å². The highest BCUT2D eigenvalue weighted by Gasteiger charge is 2.53. The first-order chi connectivity index (χ1) is 20.0. The topological polar surface area (TPSA) is 95.8 Å². The van der Waals surface area contributed by atoms with Gasteiger partial charge in [-0.3, -0.25) is 4.79 Å². The van der Waals surface area contributed by atoms with Crippen LogP contribution >= 0.6 is 0 Å². The Morgan fingerprint density at radius 3 is 2.61 bits per heavy atom. The van der Waals surface area contributed by atoms with E-state index >= 15 is 0 Å². The van der Waals surface area contributed by atoms with Gasteiger partial charge in [0.2, 0.25) is 0 Å². The van der Waals surface area contributed by atoms with Gasteiger partial charge in [-0.1, -0.05) is 0 Å². The Labute approximate surface area is 241 Å². The van der Waals surface area contributed by atoms with Gasteiger partial charge in [-0.15, -0.1) is 4.31 Å². The third kappa shape index (κ3) is 4.94. The van der Waals surface area contributed by atoms with Crippen LogP contribution < -0.4 is 4.90 Å². The highest BCUT2D eigenvalue weighted by molar-refractivity contribution is 7.89. The van der Waals surface area contributed by atoms with E-state index in [1.807, 2.05) is 22.5 Å². The quantitative estimate of drug-likeness (QED) is 0.324. The highest BCUT2D eigenvalue weighted by atomic mass is 32.2. The van der Waals surface area contributed by atoms with Crippen LogP contribution in [0.25, 0.3) is 11.8 Å². The Morgan fingerprint density at radius 1 is 1.10 bits per heavy atom. The number of morpholine rings is 1. The van der Waals surface area contributed by atoms with E-state index in [0.717, 1.165) is 60.7 Å². The second-order valence-corrected chi connectivity index (χ2v) is 12.6. The van der Waals surface area contributed by atoms with E-state index in [1.165, 1.54) is 12.1 Å². The lowest BCUT2D eigenvalue weighted by Crippen LogP contribution is -2.54. The molecule has 2 atom stereocenters. The largest absolute Gasteiger partial charge is 0.593 e. The number of ether oxygens (including phenoxy) is 2. The zero-order valence-electron chi connectivity index (χ0n) is 22.7. The maximum Gasteiger partial charge on any atom is 0.318 e. The van der Waals surface area contributed by atoms with E-state index in [2.05, 4.69) is 15.0 Å². The maximum absolute atomic E-state index is 13.9. The number of halogens is 1. The summed E-state index contributed by atoms with van der Waals surface area (Å²) in [7, 11) is 0. The second-order valence-electron chi connectivity index (χ2n) is 11.1. The molecule has 0 N–H and O–H groups in total. The van der Waals surface area contributed by atoms with Gasteiger partial charge in [0, 0.05) is 25.7 Å². The number of hydrogen-bond acceptors (Lipinski definition) is 8. The van der Waals surface area contributed by atoms with Crippen molar-refractivity contribution in [2.24, 2.45) is 5.41 Å². The normalized spacial score (nSPS) is 23.7. The predicted molar refractivity (Wildman–Crippen MR) is 151 cm³/mol. The highest BCUT2D eigenvalue weighted by Crippen LogP contribution is 2.47. The molecule has 2 aliphatic heterocycles. The molecule has 0 radical (unpaired) electrons. The molecule has 0 bridgehead atoms. The fraction of sp³-hybridized carbons (Fsp3) is 0.433. The molecular formula is C30H32FN5O4S. The number of esters is 1. The molecule has 9 nitrogen and oxygen atoms in total. The predicted octanol–water partition coefficient (Wildman–Crippen LogP) is 3.69. The first-order valence-electron chi connectivity index (χ1n) is 14.2. The number of piperidine rings is 1. The summed E-state index contributed by atoms with van der Waals surface area (Å²) in [5.74, 6) is 0.282. The zero-order valence-corrected chi connectivity index (χ0v) is 23.5. The third-order valence-electron chi connectivity index (χ3n) is 8.66. The molecule has 2 saturated heterocycles. The third-order valence-corrected chi connectivity index (χ3v) is 10.1. The molecule has 4 aliphatic rings. The molecule has 2 aromatic heterocycles. The molecule has 1 saturated carbocycles. The summed E-state index contributed by atoms with van der Waals surface area (Å²) in [4.78, 5) is 21.3. The smallest absolute Gasteiger partial charge is 0.318 e. The number of hydrogen-bond donors (Lipinski definition) is 0. The Bertz CT molecular complexity index is 1450. The number of rotatable bonds is 6. The summed E-state index contributed by atoms with van der Waals surface area (Å²) in [6, 6.07) is 9.98. The Balaban J connectivity index is 1.17. The summed E-state index contributed by atoms with van der Waals surface area (Å²) in [6.07, 6.45) is 9.23. The van der Waals surface area contributed by atoms with Crippen LogP contribution in [0.15, 0.2) is 59.3 Å². The van der Waals surface area contributed by atoms with Crippen LogP contribution in [0, 0.1) is 11.2 Å². The number of aromatic nitrogens is 3. The molecule has 1 unspecified atom stereocenters. The number of carbonyl (C=O) groups excluding carboxylic acids is 1. The maximum atomic E-state index is 13.9. The lowest BCUT2D eigenvalue weighted by atomic mass is 9.68. The van der Waals surface area contributed by atoms with Crippen LogP contribution in [0.2, 0.25) is 0 Å². The van der Waals surface area contributed by atoms with Crippen molar-refractivity contribution in [1.82, 2.24) is 19.1 Å². The summed E-state index contributed by atoms with van der Waals surface area (Å²) in [6.45, 7) is 3.71. The number of anilines is 1. The molecule has 1 aromatic carbocycles. The average Bonchev–Trinajstić information content (AvgIpc) is 3.40. The zero-order chi connectivity index (χ0) is 28.0. The average molecular weight is 578 g/mol. The Kier molecular flexibility index (Phi) is 7.06. The van der Waals surface area contributed by atoms with Gasteiger partial charge < -0.3 is 18.9 Å². The molecule has 3 fully saturated rings. The summed E-state index contributed by atoms with van der Waals surface area (Å²) < 4.78 is 42.5. The molecule has 7 rings (SSSR count). The lowest BCUT2D eigenvalue weighted by molar-refractivity contribution is -0.164. The van der Waals surface area contributed by atoms with Gasteiger partial charge >= 0.3 is 5.97 Å². The Hall–Kier alpha value is -3.25. The minimum Gasteiger partial charge on any atom is -0.593 e. The number of pyridine rings is 1. The van der Waals surface area contributed by atoms with Crippen molar-refractivity contribution < 1.29 is 23.2 Å². The van der Waals surface area contributed by atoms with Gasteiger partial charge in [0.25, 0.3) is 0 Å². The van der Waals surface area contributed by atoms with Crippen LogP contribution in [0.5, 0.6) is 0 Å². The first-order valence-corrected chi connectivity index (χ1v) is 15.3. The van der Waals surface area contributed by atoms with Crippen molar-refractivity contribution in [1.29, 1.82) is 0 Å². The van der Waals surface area contributed by atoms with Crippen molar-refractivity contribution in [2.75, 3.05) is 44.3 Å². The summed E-state index contributed by atoms with van der Waals surface area (Å²) in [5.41, 5.74) is 2.56. The van der Waals surface area contributed by atoms with Crippen LogP contribution in [-0.2, 0) is 32.1 Å². The summed E-state index contributed by atoms with van der Waals surface area (Å²) in [5, 5.41) is 4.59. The number of fused-ring (bicyclic) bond motifs is 2. The van der Waals surface area contributed by atoms with Gasteiger partial charge in [0.1, 0.15) is 23.2 Å². The van der Waals surface area contributed by atoms with Crippen molar-refractivity contribution in [2.45, 2.75) is 43.1 Å². The van der Waals surface area contributed by atoms with Crippen molar-refractivity contribution in [3.05, 3.63) is 71.4 Å². The molecule has 4 heterocycles. The van der Waals surface area contributed by atoms with Crippen molar-refractivity contribution in [3.63, 3.8) is 0 Å². The lowest BCUT2D eigenvalue weighted by Gasteiger charge is -2.44. The molecule has 214 valence electrons. The molecule has 2 aliphatic carbocycles. The van der Waals surface area contributed by atoms with Gasteiger partial charge in [-0.05, 0) is 79.6 Å². The van der Waals surface area contributed by atoms with Crippen LogP contribution in [-0.4, -0.2) is 75.1 Å². The monoisotopic (exact) mass is 577 g/mol. The number of benzene rings is 1. The first kappa shape index (κ1) is 26.6. The fourth-order valence-corrected chi connectivity index (χ4v) is 7.29. The number of nitrogens with zero attached hydrogens (tertiary/aromatic N) is 5. The van der Waals surface area contributed by atoms with E-state index in [4.69, 9.17) is 9.47 Å². The molecule has 0 spiro atoms. The van der Waals surface area contributed by atoms with Crippen LogP contribution in [0.3, 0.4) is 0 Å². The van der Waals surface area contributed by atoms with Gasteiger partial charge in [-0.25, -0.2) is 14.1 Å². The van der Waals surface area contributed by atoms with Gasteiger partial charge in [0.15, 0.2) is 4.90 Å². The Morgan fingerprint density at radius 2 is 1.90 bits per heavy atom. The molecule has 11 heteroatoms. The van der Waals surface area contributed by atoms with Gasteiger partial charge in [-0.2, -0.15) is 5.10 Å². The fourth-order valence-electron chi connectivity index (χ4n) is 6.07. The molecule has 3 aromatic rings. The minimum absolute atomic E-state index is 0.0562. The van der Waals surface area contributed by atoms with E-state index in [0.29, 0.717) is 37.5 Å². The molecule has 41 heavy (non-hydrogen) atoms. The second kappa shape index (κ2) is 10.9. The summed E-state index contributed by atoms with van der Waals surface area (Å²) >= 11 is -1.49. The van der Waals surface area contributed by atoms with Crippen LogP contribution in [0.1, 0.15) is 36.9 Å².